The predicted molar refractivity (Wildman–Crippen MR) is 104 cm³/mol. The number of carbonyl (C=O) groups excluding carboxylic acids is 3. The largest absolute Gasteiger partial charge is 0.485 e. The van der Waals surface area contributed by atoms with Crippen LogP contribution in [-0.2, 0) is 14.3 Å². The van der Waals surface area contributed by atoms with Crippen LogP contribution >= 0.6 is 0 Å². The Hall–Kier alpha value is -3.15. The van der Waals surface area contributed by atoms with Crippen LogP contribution in [0, 0.1) is 23.7 Å². The standard InChI is InChI=1S/C23H21NO5/c25-18(13-4-2-1-3-5-13)12-28-16-8-6-15(7-9-16)24-22(26)20-14-10-17-19(11-14)29-23(27)21(17)20/h1-9,14,17,19-21H,10-12H2,(H,24,26)/t14-,17+,19-,20+,21+/m1/s1. The van der Waals surface area contributed by atoms with E-state index in [1.165, 1.54) is 0 Å². The van der Waals surface area contributed by atoms with E-state index in [1.807, 2.05) is 18.2 Å². The summed E-state index contributed by atoms with van der Waals surface area (Å²) in [6.07, 6.45) is 1.73. The van der Waals surface area contributed by atoms with Gasteiger partial charge in [0.1, 0.15) is 11.9 Å². The average molecular weight is 391 g/mol. The first-order valence-corrected chi connectivity index (χ1v) is 9.92. The van der Waals surface area contributed by atoms with Crippen LogP contribution in [0.2, 0.25) is 0 Å². The summed E-state index contributed by atoms with van der Waals surface area (Å²) in [5.41, 5.74) is 1.25. The molecule has 2 aliphatic carbocycles. The SMILES string of the molecule is O=C(COc1ccc(NC(=O)[C@H]2[C@@H]3C[C@@H]4[C@@H]2C(=O)O[C@@H]4C3)cc1)c1ccccc1. The van der Waals surface area contributed by atoms with Gasteiger partial charge in [-0.25, -0.2) is 0 Å². The quantitative estimate of drug-likeness (QED) is 0.605. The summed E-state index contributed by atoms with van der Waals surface area (Å²) in [7, 11) is 0. The molecule has 1 saturated heterocycles. The topological polar surface area (TPSA) is 81.7 Å². The van der Waals surface area contributed by atoms with E-state index in [0.717, 1.165) is 12.8 Å². The Morgan fingerprint density at radius 3 is 2.55 bits per heavy atom. The number of amides is 1. The molecule has 6 heteroatoms. The van der Waals surface area contributed by atoms with E-state index >= 15 is 0 Å². The van der Waals surface area contributed by atoms with Crippen molar-refractivity contribution in [1.29, 1.82) is 0 Å². The highest BCUT2D eigenvalue weighted by Crippen LogP contribution is 2.57. The first kappa shape index (κ1) is 17.9. The Balaban J connectivity index is 1.18. The van der Waals surface area contributed by atoms with Crippen LogP contribution in [0.5, 0.6) is 5.75 Å². The van der Waals surface area contributed by atoms with Gasteiger partial charge in [0.25, 0.3) is 0 Å². The Morgan fingerprint density at radius 1 is 1.03 bits per heavy atom. The van der Waals surface area contributed by atoms with Crippen LogP contribution < -0.4 is 10.1 Å². The third kappa shape index (κ3) is 3.18. The monoisotopic (exact) mass is 391 g/mol. The molecule has 148 valence electrons. The highest BCUT2D eigenvalue weighted by atomic mass is 16.6. The molecule has 2 aromatic carbocycles. The minimum atomic E-state index is -0.300. The molecule has 2 saturated carbocycles. The van der Waals surface area contributed by atoms with Gasteiger partial charge >= 0.3 is 5.97 Å². The molecule has 1 heterocycles. The van der Waals surface area contributed by atoms with Crippen molar-refractivity contribution in [2.75, 3.05) is 11.9 Å². The van der Waals surface area contributed by atoms with Gasteiger partial charge < -0.3 is 14.8 Å². The molecule has 2 bridgehead atoms. The molecule has 3 aliphatic rings. The summed E-state index contributed by atoms with van der Waals surface area (Å²) in [6.45, 7) is -0.0498. The van der Waals surface area contributed by atoms with Crippen LogP contribution in [0.4, 0.5) is 5.69 Å². The zero-order chi connectivity index (χ0) is 20.0. The van der Waals surface area contributed by atoms with E-state index in [0.29, 0.717) is 17.0 Å². The minimum Gasteiger partial charge on any atom is -0.485 e. The summed E-state index contributed by atoms with van der Waals surface area (Å²) in [5.74, 6) is -0.0274. The number of ketones is 1. The smallest absolute Gasteiger partial charge is 0.310 e. The fourth-order valence-electron chi connectivity index (χ4n) is 5.08. The van der Waals surface area contributed by atoms with Crippen LogP contribution in [0.25, 0.3) is 0 Å². The van der Waals surface area contributed by atoms with Crippen molar-refractivity contribution in [1.82, 2.24) is 0 Å². The van der Waals surface area contributed by atoms with Gasteiger partial charge in [-0.1, -0.05) is 30.3 Å². The summed E-state index contributed by atoms with van der Waals surface area (Å²) in [5, 5.41) is 2.92. The van der Waals surface area contributed by atoms with Crippen molar-refractivity contribution in [3.05, 3.63) is 60.2 Å². The normalized spacial score (nSPS) is 28.8. The number of esters is 1. The second-order valence-electron chi connectivity index (χ2n) is 8.01. The number of rotatable bonds is 6. The van der Waals surface area contributed by atoms with Crippen molar-refractivity contribution in [3.8, 4) is 5.75 Å². The van der Waals surface area contributed by atoms with Gasteiger partial charge in [0.05, 0.1) is 11.8 Å². The first-order chi connectivity index (χ1) is 14.1. The number of nitrogens with one attached hydrogen (secondary N) is 1. The number of anilines is 1. The lowest BCUT2D eigenvalue weighted by atomic mass is 9.79. The summed E-state index contributed by atoms with van der Waals surface area (Å²) >= 11 is 0. The van der Waals surface area contributed by atoms with E-state index in [4.69, 9.17) is 9.47 Å². The molecule has 5 atom stereocenters. The summed E-state index contributed by atoms with van der Waals surface area (Å²) in [4.78, 5) is 37.0. The zero-order valence-corrected chi connectivity index (χ0v) is 15.7. The molecule has 2 aromatic rings. The summed E-state index contributed by atoms with van der Waals surface area (Å²) < 4.78 is 11.0. The number of fused-ring (bicyclic) bond motifs is 1. The molecule has 1 aliphatic heterocycles. The van der Waals surface area contributed by atoms with Crippen molar-refractivity contribution in [3.63, 3.8) is 0 Å². The van der Waals surface area contributed by atoms with Gasteiger partial charge in [-0.2, -0.15) is 0 Å². The summed E-state index contributed by atoms with van der Waals surface area (Å²) in [6, 6.07) is 15.9. The minimum absolute atomic E-state index is 0.0246. The van der Waals surface area contributed by atoms with Crippen LogP contribution in [0.15, 0.2) is 54.6 Å². The number of hydrogen-bond acceptors (Lipinski definition) is 5. The lowest BCUT2D eigenvalue weighted by molar-refractivity contribution is -0.145. The third-order valence-corrected chi connectivity index (χ3v) is 6.37. The number of ether oxygens (including phenoxy) is 2. The van der Waals surface area contributed by atoms with Gasteiger partial charge in [-0.05, 0) is 43.0 Å². The Bertz CT molecular complexity index is 953. The first-order valence-electron chi connectivity index (χ1n) is 9.92. The molecule has 1 N–H and O–H groups in total. The van der Waals surface area contributed by atoms with Gasteiger partial charge in [0.15, 0.2) is 12.4 Å². The highest BCUT2D eigenvalue weighted by Gasteiger charge is 2.63. The Kier molecular flexibility index (Phi) is 4.34. The van der Waals surface area contributed by atoms with E-state index < -0.39 is 0 Å². The molecule has 1 amide bonds. The fraction of sp³-hybridized carbons (Fsp3) is 0.348. The second-order valence-corrected chi connectivity index (χ2v) is 8.01. The number of carbonyl (C=O) groups is 3. The molecule has 0 radical (unpaired) electrons. The van der Waals surface area contributed by atoms with Crippen LogP contribution in [0.1, 0.15) is 23.2 Å². The molecule has 3 fully saturated rings. The van der Waals surface area contributed by atoms with Crippen molar-refractivity contribution >= 4 is 23.3 Å². The average Bonchev–Trinajstić information content (AvgIpc) is 3.36. The van der Waals surface area contributed by atoms with Crippen molar-refractivity contribution < 1.29 is 23.9 Å². The highest BCUT2D eigenvalue weighted by molar-refractivity contribution is 5.97. The van der Waals surface area contributed by atoms with Gasteiger partial charge in [-0.3, -0.25) is 14.4 Å². The number of benzene rings is 2. The van der Waals surface area contributed by atoms with Crippen LogP contribution in [-0.4, -0.2) is 30.4 Å². The van der Waals surface area contributed by atoms with Crippen molar-refractivity contribution in [2.24, 2.45) is 23.7 Å². The Morgan fingerprint density at radius 2 is 1.79 bits per heavy atom. The third-order valence-electron chi connectivity index (χ3n) is 6.37. The number of Topliss-reactive ketones (excluding diaryl/α,β-unsaturated/α-hetero) is 1. The van der Waals surface area contributed by atoms with E-state index in [1.54, 1.807) is 36.4 Å². The van der Waals surface area contributed by atoms with Gasteiger partial charge in [-0.15, -0.1) is 0 Å². The molecular formula is C23H21NO5. The number of hydrogen-bond donors (Lipinski definition) is 1. The molecular weight excluding hydrogens is 370 g/mol. The maximum atomic E-state index is 12.8. The van der Waals surface area contributed by atoms with Gasteiger partial charge in [0.2, 0.25) is 5.91 Å². The maximum Gasteiger partial charge on any atom is 0.310 e. The molecule has 0 unspecified atom stereocenters. The molecule has 0 aromatic heterocycles. The molecule has 6 nitrogen and oxygen atoms in total. The predicted octanol–water partition coefficient (Wildman–Crippen LogP) is 3.08. The van der Waals surface area contributed by atoms with E-state index in [9.17, 15) is 14.4 Å². The molecule has 29 heavy (non-hydrogen) atoms. The molecule has 0 spiro atoms. The van der Waals surface area contributed by atoms with Crippen molar-refractivity contribution in [2.45, 2.75) is 18.9 Å². The van der Waals surface area contributed by atoms with Gasteiger partial charge in [0, 0.05) is 17.2 Å². The van der Waals surface area contributed by atoms with E-state index in [-0.39, 0.29) is 54.0 Å². The molecule has 5 rings (SSSR count). The zero-order valence-electron chi connectivity index (χ0n) is 15.7. The maximum absolute atomic E-state index is 12.8. The van der Waals surface area contributed by atoms with E-state index in [2.05, 4.69) is 5.32 Å². The second kappa shape index (κ2) is 7.03. The fourth-order valence-corrected chi connectivity index (χ4v) is 5.08. The van der Waals surface area contributed by atoms with Crippen LogP contribution in [0.3, 0.4) is 0 Å². The Labute approximate surface area is 168 Å². The lowest BCUT2D eigenvalue weighted by Gasteiger charge is -2.23. The lowest BCUT2D eigenvalue weighted by Crippen LogP contribution is -2.35.